The van der Waals surface area contributed by atoms with Gasteiger partial charge in [-0.05, 0) is 37.3 Å². The summed E-state index contributed by atoms with van der Waals surface area (Å²) in [6.07, 6.45) is 2.73. The zero-order valence-corrected chi connectivity index (χ0v) is 21.4. The van der Waals surface area contributed by atoms with Crippen molar-refractivity contribution in [3.63, 3.8) is 0 Å². The van der Waals surface area contributed by atoms with Crippen molar-refractivity contribution in [2.24, 2.45) is 5.92 Å². The van der Waals surface area contributed by atoms with Crippen molar-refractivity contribution in [2.75, 3.05) is 18.1 Å². The molecule has 3 atom stereocenters. The Balaban J connectivity index is 2.00. The van der Waals surface area contributed by atoms with Gasteiger partial charge in [-0.2, -0.15) is 0 Å². The molecule has 212 valence electrons. The van der Waals surface area contributed by atoms with Gasteiger partial charge in [0.15, 0.2) is 11.5 Å². The summed E-state index contributed by atoms with van der Waals surface area (Å²) in [5, 5.41) is 23.2. The summed E-state index contributed by atoms with van der Waals surface area (Å²) in [5.41, 5.74) is -0.385. The van der Waals surface area contributed by atoms with Crippen LogP contribution in [0, 0.1) is 5.92 Å². The Morgan fingerprint density at radius 3 is 2.58 bits per heavy atom. The second-order valence-corrected chi connectivity index (χ2v) is 9.19. The van der Waals surface area contributed by atoms with E-state index in [0.717, 1.165) is 4.90 Å². The minimum absolute atomic E-state index is 0.0675. The lowest BCUT2D eigenvalue weighted by Gasteiger charge is -2.31. The highest BCUT2D eigenvalue weighted by molar-refractivity contribution is 6.05. The number of aryl methyl sites for hydroxylation is 1. The molecule has 0 saturated heterocycles. The number of ketones is 1. The fourth-order valence-corrected chi connectivity index (χ4v) is 4.46. The zero-order chi connectivity index (χ0) is 29.2. The van der Waals surface area contributed by atoms with E-state index in [0.29, 0.717) is 24.1 Å². The number of rotatable bonds is 10. The van der Waals surface area contributed by atoms with E-state index >= 15 is 0 Å². The maximum atomic E-state index is 13.9. The number of amides is 3. The highest BCUT2D eigenvalue weighted by atomic mass is 16.4. The summed E-state index contributed by atoms with van der Waals surface area (Å²) < 4.78 is 0. The van der Waals surface area contributed by atoms with E-state index in [4.69, 9.17) is 5.11 Å². The van der Waals surface area contributed by atoms with Crippen LogP contribution in [0.25, 0.3) is 0 Å². The van der Waals surface area contributed by atoms with Gasteiger partial charge in [0.2, 0.25) is 11.8 Å². The number of hydrogen-bond acceptors (Lipinski definition) is 9. The molecule has 14 nitrogen and oxygen atoms in total. The van der Waals surface area contributed by atoms with Gasteiger partial charge in [-0.15, -0.1) is 0 Å². The monoisotopic (exact) mass is 555 g/mol. The first-order chi connectivity index (χ1) is 19.1. The van der Waals surface area contributed by atoms with Crippen LogP contribution in [-0.4, -0.2) is 81.2 Å². The number of carbonyl (C=O) groups excluding carboxylic acids is 5. The standard InChI is InChI=1S/C26H29N5O9/c32-13-17(11-22(36)37)29-21(35)12-31-19-4-2-1-3-15(19)5-6-16(20(34)14-33)7-8-18(26(31)40)30-25(39)23-24(38)28-10-9-27-23/h1-4,9-10,13,16-18,33H,5-8,11-12,14H2,(H,28,38)(H,29,35)(H,30,39)(H,36,37)/t16?,17-,18-/m0/s1. The van der Waals surface area contributed by atoms with E-state index in [2.05, 4.69) is 20.6 Å². The molecule has 2 heterocycles. The molecule has 1 aromatic heterocycles. The predicted octanol–water partition coefficient (Wildman–Crippen LogP) is -1.04. The van der Waals surface area contributed by atoms with Crippen molar-refractivity contribution in [3.05, 3.63) is 58.3 Å². The van der Waals surface area contributed by atoms with Crippen molar-refractivity contribution in [3.8, 4) is 0 Å². The lowest BCUT2D eigenvalue weighted by atomic mass is 9.88. The number of nitrogens with zero attached hydrogens (tertiary/aromatic N) is 2. The van der Waals surface area contributed by atoms with Crippen LogP contribution in [-0.2, 0) is 30.4 Å². The molecular formula is C26H29N5O9. The lowest BCUT2D eigenvalue weighted by Crippen LogP contribution is -2.53. The van der Waals surface area contributed by atoms with Gasteiger partial charge < -0.3 is 35.5 Å². The number of carboxylic acid groups (broad SMARTS) is 1. The number of aliphatic hydroxyl groups excluding tert-OH is 1. The molecule has 2 aromatic rings. The molecule has 0 radical (unpaired) electrons. The molecule has 1 aliphatic heterocycles. The zero-order valence-electron chi connectivity index (χ0n) is 21.4. The Morgan fingerprint density at radius 1 is 1.15 bits per heavy atom. The largest absolute Gasteiger partial charge is 0.481 e. The molecule has 5 N–H and O–H groups in total. The third-order valence-electron chi connectivity index (χ3n) is 6.46. The molecular weight excluding hydrogens is 526 g/mol. The molecule has 3 rings (SSSR count). The minimum Gasteiger partial charge on any atom is -0.481 e. The third kappa shape index (κ3) is 7.66. The topological polar surface area (TPSA) is 216 Å². The number of fused-ring (bicyclic) bond motifs is 1. The Labute approximate surface area is 227 Å². The third-order valence-corrected chi connectivity index (χ3v) is 6.46. The number of hydrogen-bond donors (Lipinski definition) is 5. The molecule has 40 heavy (non-hydrogen) atoms. The van der Waals surface area contributed by atoms with Gasteiger partial charge in [-0.3, -0.25) is 28.8 Å². The molecule has 0 spiro atoms. The Morgan fingerprint density at radius 2 is 1.90 bits per heavy atom. The second-order valence-electron chi connectivity index (χ2n) is 9.19. The molecule has 0 aliphatic carbocycles. The Bertz CT molecular complexity index is 1340. The van der Waals surface area contributed by atoms with E-state index in [1.807, 2.05) is 0 Å². The van der Waals surface area contributed by atoms with E-state index in [9.17, 15) is 38.7 Å². The molecule has 1 aliphatic rings. The second kappa shape index (κ2) is 13.9. The summed E-state index contributed by atoms with van der Waals surface area (Å²) in [6, 6.07) is 3.96. The molecule has 0 saturated carbocycles. The molecule has 1 aromatic carbocycles. The normalized spacial score (nSPS) is 18.1. The quantitative estimate of drug-likeness (QED) is 0.224. The number of H-pyrrole nitrogens is 1. The van der Waals surface area contributed by atoms with Gasteiger partial charge in [0, 0.05) is 24.0 Å². The van der Waals surface area contributed by atoms with E-state index in [1.54, 1.807) is 24.3 Å². The van der Waals surface area contributed by atoms with Crippen LogP contribution in [0.3, 0.4) is 0 Å². The highest BCUT2D eigenvalue weighted by Gasteiger charge is 2.33. The van der Waals surface area contributed by atoms with E-state index in [-0.39, 0.29) is 19.1 Å². The smallest absolute Gasteiger partial charge is 0.305 e. The number of aliphatic carboxylic acids is 1. The fraction of sp³-hybridized carbons (Fsp3) is 0.385. The van der Waals surface area contributed by atoms with Crippen molar-refractivity contribution in [1.82, 2.24) is 20.6 Å². The number of para-hydroxylation sites is 1. The highest BCUT2D eigenvalue weighted by Crippen LogP contribution is 2.28. The van der Waals surface area contributed by atoms with Gasteiger partial charge in [-0.1, -0.05) is 18.2 Å². The average Bonchev–Trinajstić information content (AvgIpc) is 2.94. The molecule has 14 heteroatoms. The maximum absolute atomic E-state index is 13.9. The summed E-state index contributed by atoms with van der Waals surface area (Å²) in [5.74, 6) is -4.88. The summed E-state index contributed by atoms with van der Waals surface area (Å²) in [7, 11) is 0. The average molecular weight is 556 g/mol. The Kier molecular flexibility index (Phi) is 10.4. The molecule has 0 fully saturated rings. The molecule has 1 unspecified atom stereocenters. The van der Waals surface area contributed by atoms with Gasteiger partial charge in [0.1, 0.15) is 25.5 Å². The van der Waals surface area contributed by atoms with Crippen molar-refractivity contribution < 1.29 is 39.0 Å². The van der Waals surface area contributed by atoms with E-state index in [1.165, 1.54) is 12.4 Å². The van der Waals surface area contributed by atoms with Crippen LogP contribution < -0.4 is 21.1 Å². The number of aromatic nitrogens is 2. The van der Waals surface area contributed by atoms with Crippen molar-refractivity contribution >= 4 is 41.4 Å². The number of carbonyl (C=O) groups is 6. The van der Waals surface area contributed by atoms with Crippen LogP contribution in [0.2, 0.25) is 0 Å². The summed E-state index contributed by atoms with van der Waals surface area (Å²) in [4.78, 5) is 93.7. The SMILES string of the molecule is O=C[C@H](CC(=O)O)NC(=O)CN1C(=O)[C@@H](NC(=O)c2ncc[nH]c2=O)CCC(C(=O)CO)CCc2ccccc21. The first-order valence-electron chi connectivity index (χ1n) is 12.5. The number of aliphatic hydroxyl groups is 1. The van der Waals surface area contributed by atoms with Crippen LogP contribution in [0.5, 0.6) is 0 Å². The van der Waals surface area contributed by atoms with Crippen LogP contribution in [0.1, 0.15) is 41.7 Å². The fourth-order valence-electron chi connectivity index (χ4n) is 4.46. The molecule has 0 bridgehead atoms. The van der Waals surface area contributed by atoms with Crippen LogP contribution in [0.4, 0.5) is 5.69 Å². The van der Waals surface area contributed by atoms with E-state index < -0.39 is 78.3 Å². The first kappa shape index (κ1) is 29.8. The lowest BCUT2D eigenvalue weighted by molar-refractivity contribution is -0.139. The van der Waals surface area contributed by atoms with Gasteiger partial charge in [0.05, 0.1) is 12.5 Å². The first-order valence-corrected chi connectivity index (χ1v) is 12.5. The summed E-state index contributed by atoms with van der Waals surface area (Å²) >= 11 is 0. The number of benzene rings is 1. The van der Waals surface area contributed by atoms with Gasteiger partial charge >= 0.3 is 5.97 Å². The number of aromatic amines is 1. The number of anilines is 1. The van der Waals surface area contributed by atoms with Gasteiger partial charge in [0.25, 0.3) is 11.5 Å². The number of aldehydes is 1. The number of Topliss-reactive ketones (excluding diaryl/α,β-unsaturated/α-hetero) is 1. The predicted molar refractivity (Wildman–Crippen MR) is 138 cm³/mol. The number of carboxylic acids is 1. The maximum Gasteiger partial charge on any atom is 0.305 e. The van der Waals surface area contributed by atoms with Gasteiger partial charge in [-0.25, -0.2) is 4.98 Å². The Hall–Kier alpha value is -4.72. The van der Waals surface area contributed by atoms with Crippen molar-refractivity contribution in [1.29, 1.82) is 0 Å². The number of nitrogens with one attached hydrogen (secondary N) is 3. The van der Waals surface area contributed by atoms with Crippen LogP contribution >= 0.6 is 0 Å². The molecule has 3 amide bonds. The minimum atomic E-state index is -1.33. The van der Waals surface area contributed by atoms with Crippen LogP contribution in [0.15, 0.2) is 41.5 Å². The van der Waals surface area contributed by atoms with Crippen molar-refractivity contribution in [2.45, 2.75) is 44.2 Å². The summed E-state index contributed by atoms with van der Waals surface area (Å²) in [6.45, 7) is -1.31.